The summed E-state index contributed by atoms with van der Waals surface area (Å²) in [5.41, 5.74) is 0.859. The number of carbonyl (C=O) groups is 1. The highest BCUT2D eigenvalue weighted by Crippen LogP contribution is 2.27. The molecule has 5 nitrogen and oxygen atoms in total. The van der Waals surface area contributed by atoms with Crippen LogP contribution < -0.4 is 10.0 Å². The summed E-state index contributed by atoms with van der Waals surface area (Å²) in [6.45, 7) is 0. The number of sulfonamides is 1. The molecule has 2 N–H and O–H groups in total. The summed E-state index contributed by atoms with van der Waals surface area (Å²) in [7, 11) is -3.75. The van der Waals surface area contributed by atoms with Gasteiger partial charge < -0.3 is 5.32 Å². The quantitative estimate of drug-likeness (QED) is 0.674. The van der Waals surface area contributed by atoms with Crippen LogP contribution in [0.15, 0.2) is 65.6 Å². The van der Waals surface area contributed by atoms with Crippen molar-refractivity contribution < 1.29 is 13.2 Å². The van der Waals surface area contributed by atoms with Crippen LogP contribution in [0.2, 0.25) is 5.02 Å². The average Bonchev–Trinajstić information content (AvgIpc) is 3.45. The Labute approximate surface area is 162 Å². The van der Waals surface area contributed by atoms with Crippen molar-refractivity contribution in [1.82, 2.24) is 4.72 Å². The Morgan fingerprint density at radius 2 is 1.70 bits per heavy atom. The van der Waals surface area contributed by atoms with E-state index >= 15 is 0 Å². The van der Waals surface area contributed by atoms with Gasteiger partial charge in [-0.15, -0.1) is 0 Å². The van der Waals surface area contributed by atoms with Gasteiger partial charge in [0.05, 0.1) is 5.02 Å². The summed E-state index contributed by atoms with van der Waals surface area (Å²) in [6.07, 6.45) is 1.64. The maximum Gasteiger partial charge on any atom is 0.255 e. The molecule has 0 radical (unpaired) electrons. The fraction of sp³-hybridized carbons (Fsp3) is 0.150. The molecule has 3 aromatic carbocycles. The van der Waals surface area contributed by atoms with E-state index in [2.05, 4.69) is 10.0 Å². The van der Waals surface area contributed by atoms with E-state index in [1.165, 1.54) is 18.2 Å². The predicted molar refractivity (Wildman–Crippen MR) is 107 cm³/mol. The maximum absolute atomic E-state index is 12.6. The molecule has 1 aliphatic carbocycles. The van der Waals surface area contributed by atoms with Crippen molar-refractivity contribution in [2.45, 2.75) is 23.8 Å². The Bertz CT molecular complexity index is 1140. The molecule has 0 unspecified atom stereocenters. The average molecular weight is 401 g/mol. The second-order valence-corrected chi connectivity index (χ2v) is 8.65. The predicted octanol–water partition coefficient (Wildman–Crippen LogP) is 4.19. The van der Waals surface area contributed by atoms with Crippen LogP contribution in [0.5, 0.6) is 0 Å². The van der Waals surface area contributed by atoms with Gasteiger partial charge >= 0.3 is 0 Å². The number of amides is 1. The number of hydrogen-bond acceptors (Lipinski definition) is 3. The van der Waals surface area contributed by atoms with Gasteiger partial charge in [0, 0.05) is 17.3 Å². The molecule has 1 fully saturated rings. The minimum Gasteiger partial charge on any atom is -0.322 e. The van der Waals surface area contributed by atoms with Crippen molar-refractivity contribution in [3.63, 3.8) is 0 Å². The van der Waals surface area contributed by atoms with E-state index in [0.717, 1.165) is 23.6 Å². The number of rotatable bonds is 5. The zero-order valence-electron chi connectivity index (χ0n) is 14.3. The van der Waals surface area contributed by atoms with Crippen LogP contribution in [0.3, 0.4) is 0 Å². The van der Waals surface area contributed by atoms with Crippen LogP contribution in [0, 0.1) is 0 Å². The Morgan fingerprint density at radius 3 is 2.44 bits per heavy atom. The molecule has 4 rings (SSSR count). The molecule has 7 heteroatoms. The number of fused-ring (bicyclic) bond motifs is 1. The molecular weight excluding hydrogens is 384 g/mol. The topological polar surface area (TPSA) is 75.3 Å². The zero-order valence-corrected chi connectivity index (χ0v) is 15.8. The standard InChI is InChI=1S/C20H17ClN2O3S/c21-18-10-6-15(12-19(18)27(25,26)23-16-8-9-16)20(24)22-17-7-5-13-3-1-2-4-14(13)11-17/h1-7,10-12,16,23H,8-9H2,(H,22,24). The number of carbonyl (C=O) groups excluding carboxylic acids is 1. The first kappa shape index (κ1) is 18.0. The van der Waals surface area contributed by atoms with Crippen molar-refractivity contribution in [3.8, 4) is 0 Å². The van der Waals surface area contributed by atoms with Gasteiger partial charge in [-0.05, 0) is 53.9 Å². The molecular formula is C20H17ClN2O3S. The Balaban J connectivity index is 1.60. The van der Waals surface area contributed by atoms with Gasteiger partial charge in [0.2, 0.25) is 10.0 Å². The third-order valence-electron chi connectivity index (χ3n) is 4.39. The van der Waals surface area contributed by atoms with Crippen molar-refractivity contribution in [2.24, 2.45) is 0 Å². The lowest BCUT2D eigenvalue weighted by molar-refractivity contribution is 0.102. The molecule has 0 aromatic heterocycles. The third kappa shape index (κ3) is 3.98. The van der Waals surface area contributed by atoms with Gasteiger partial charge in [0.15, 0.2) is 0 Å². The third-order valence-corrected chi connectivity index (χ3v) is 6.39. The summed E-state index contributed by atoms with van der Waals surface area (Å²) in [6, 6.07) is 17.6. The van der Waals surface area contributed by atoms with Crippen molar-refractivity contribution in [3.05, 3.63) is 71.2 Å². The molecule has 0 atom stereocenters. The van der Waals surface area contributed by atoms with Crippen LogP contribution in [-0.2, 0) is 10.0 Å². The van der Waals surface area contributed by atoms with Crippen molar-refractivity contribution in [2.75, 3.05) is 5.32 Å². The zero-order chi connectivity index (χ0) is 19.0. The van der Waals surface area contributed by atoms with Gasteiger partial charge in [-0.2, -0.15) is 0 Å². The second kappa shape index (κ2) is 6.96. The summed E-state index contributed by atoms with van der Waals surface area (Å²) < 4.78 is 27.5. The van der Waals surface area contributed by atoms with E-state index in [1.54, 1.807) is 0 Å². The number of anilines is 1. The Hall–Kier alpha value is -2.41. The van der Waals surface area contributed by atoms with Crippen LogP contribution in [0.1, 0.15) is 23.2 Å². The molecule has 1 saturated carbocycles. The van der Waals surface area contributed by atoms with E-state index in [-0.39, 0.29) is 21.5 Å². The monoisotopic (exact) mass is 400 g/mol. The van der Waals surface area contributed by atoms with Crippen molar-refractivity contribution in [1.29, 1.82) is 0 Å². The molecule has 1 aliphatic rings. The lowest BCUT2D eigenvalue weighted by Crippen LogP contribution is -2.26. The van der Waals surface area contributed by atoms with Crippen LogP contribution in [0.4, 0.5) is 5.69 Å². The van der Waals surface area contributed by atoms with E-state index in [1.807, 2.05) is 42.5 Å². The number of nitrogens with one attached hydrogen (secondary N) is 2. The van der Waals surface area contributed by atoms with Gasteiger partial charge in [0.1, 0.15) is 4.90 Å². The first-order valence-corrected chi connectivity index (χ1v) is 10.4. The van der Waals surface area contributed by atoms with E-state index in [4.69, 9.17) is 11.6 Å². The number of halogens is 1. The molecule has 138 valence electrons. The molecule has 27 heavy (non-hydrogen) atoms. The van der Waals surface area contributed by atoms with Gasteiger partial charge in [-0.3, -0.25) is 4.79 Å². The SMILES string of the molecule is O=C(Nc1ccc2ccccc2c1)c1ccc(Cl)c(S(=O)(=O)NC2CC2)c1. The second-order valence-electron chi connectivity index (χ2n) is 6.56. The Morgan fingerprint density at radius 1 is 0.963 bits per heavy atom. The largest absolute Gasteiger partial charge is 0.322 e. The fourth-order valence-electron chi connectivity index (χ4n) is 2.80. The summed E-state index contributed by atoms with van der Waals surface area (Å²) in [5.74, 6) is -0.398. The molecule has 0 spiro atoms. The minimum absolute atomic E-state index is 0.0406. The van der Waals surface area contributed by atoms with Gasteiger partial charge in [-0.25, -0.2) is 13.1 Å². The van der Waals surface area contributed by atoms with E-state index in [0.29, 0.717) is 5.69 Å². The number of benzene rings is 3. The highest BCUT2D eigenvalue weighted by atomic mass is 35.5. The number of hydrogen-bond donors (Lipinski definition) is 2. The molecule has 3 aromatic rings. The molecule has 0 saturated heterocycles. The lowest BCUT2D eigenvalue weighted by atomic mass is 10.1. The van der Waals surface area contributed by atoms with Gasteiger partial charge in [-0.1, -0.05) is 41.9 Å². The van der Waals surface area contributed by atoms with Crippen LogP contribution >= 0.6 is 11.6 Å². The fourth-order valence-corrected chi connectivity index (χ4v) is 4.64. The highest BCUT2D eigenvalue weighted by Gasteiger charge is 2.29. The minimum atomic E-state index is -3.75. The maximum atomic E-state index is 12.6. The normalized spacial score (nSPS) is 14.3. The summed E-state index contributed by atoms with van der Waals surface area (Å²) in [5, 5.41) is 4.97. The smallest absolute Gasteiger partial charge is 0.255 e. The first-order chi connectivity index (χ1) is 12.9. The Kier molecular flexibility index (Phi) is 4.63. The van der Waals surface area contributed by atoms with E-state index < -0.39 is 15.9 Å². The van der Waals surface area contributed by atoms with E-state index in [9.17, 15) is 13.2 Å². The van der Waals surface area contributed by atoms with Gasteiger partial charge in [0.25, 0.3) is 5.91 Å². The summed E-state index contributed by atoms with van der Waals surface area (Å²) >= 11 is 6.06. The first-order valence-electron chi connectivity index (χ1n) is 8.54. The van der Waals surface area contributed by atoms with Crippen LogP contribution in [-0.4, -0.2) is 20.4 Å². The molecule has 0 bridgehead atoms. The van der Waals surface area contributed by atoms with Crippen LogP contribution in [0.25, 0.3) is 10.8 Å². The summed E-state index contributed by atoms with van der Waals surface area (Å²) in [4.78, 5) is 12.5. The van der Waals surface area contributed by atoms with Crippen molar-refractivity contribution >= 4 is 44.0 Å². The highest BCUT2D eigenvalue weighted by molar-refractivity contribution is 7.89. The molecule has 0 aliphatic heterocycles. The molecule has 1 amide bonds. The lowest BCUT2D eigenvalue weighted by Gasteiger charge is -2.10. The molecule has 0 heterocycles.